The van der Waals surface area contributed by atoms with Gasteiger partial charge in [-0.25, -0.2) is 0 Å². The zero-order valence-electron chi connectivity index (χ0n) is 13.3. The van der Waals surface area contributed by atoms with E-state index >= 15 is 0 Å². The molecule has 0 radical (unpaired) electrons. The van der Waals surface area contributed by atoms with Crippen LogP contribution in [0, 0.1) is 0 Å². The Hall–Kier alpha value is -2.42. The van der Waals surface area contributed by atoms with Gasteiger partial charge in [-0.15, -0.1) is 0 Å². The summed E-state index contributed by atoms with van der Waals surface area (Å²) < 4.78 is 5.37. The van der Waals surface area contributed by atoms with Gasteiger partial charge in [-0.1, -0.05) is 12.1 Å². The smallest absolute Gasteiger partial charge is 0.325 e. The molecule has 0 aromatic heterocycles. The molecule has 0 aliphatic rings. The first kappa shape index (κ1) is 19.6. The van der Waals surface area contributed by atoms with Gasteiger partial charge in [0.15, 0.2) is 6.61 Å². The van der Waals surface area contributed by atoms with E-state index in [1.807, 2.05) is 0 Å². The van der Waals surface area contributed by atoms with Crippen LogP contribution in [0.3, 0.4) is 0 Å². The summed E-state index contributed by atoms with van der Waals surface area (Å²) in [5, 5.41) is 4.78. The maximum absolute atomic E-state index is 11.9. The molecule has 0 fully saturated rings. The summed E-state index contributed by atoms with van der Waals surface area (Å²) in [7, 11) is 2.87. The number of rotatable bonds is 7. The number of ether oxygens (including phenoxy) is 1. The topological polar surface area (TPSA) is 105 Å². The Morgan fingerprint density at radius 1 is 1.21 bits per heavy atom. The Labute approximate surface area is 147 Å². The third-order valence-corrected chi connectivity index (χ3v) is 3.65. The highest BCUT2D eigenvalue weighted by Gasteiger charge is 2.15. The molecule has 8 nitrogen and oxygen atoms in total. The quantitative estimate of drug-likeness (QED) is 0.624. The minimum Gasteiger partial charge on any atom is -0.454 e. The predicted octanol–water partition coefficient (Wildman–Crippen LogP) is -0.0735. The molecule has 1 rings (SSSR count). The van der Waals surface area contributed by atoms with E-state index < -0.39 is 24.4 Å². The highest BCUT2D eigenvalue weighted by atomic mass is 79.9. The van der Waals surface area contributed by atoms with E-state index in [1.54, 1.807) is 24.3 Å². The van der Waals surface area contributed by atoms with E-state index in [9.17, 15) is 19.2 Å². The molecule has 0 saturated carbocycles. The van der Waals surface area contributed by atoms with Crippen LogP contribution in [-0.2, 0) is 19.1 Å². The molecule has 24 heavy (non-hydrogen) atoms. The highest BCUT2D eigenvalue weighted by Crippen LogP contribution is 2.15. The molecule has 2 N–H and O–H groups in total. The molecule has 0 saturated heterocycles. The second-order valence-electron chi connectivity index (χ2n) is 4.75. The molecule has 1 aromatic carbocycles. The molecule has 0 spiro atoms. The summed E-state index contributed by atoms with van der Waals surface area (Å²) in [6, 6.07) is 6.76. The van der Waals surface area contributed by atoms with Crippen molar-refractivity contribution in [3.8, 4) is 0 Å². The first-order valence-corrected chi connectivity index (χ1v) is 7.77. The van der Waals surface area contributed by atoms with Crippen LogP contribution in [-0.4, -0.2) is 62.4 Å². The van der Waals surface area contributed by atoms with Gasteiger partial charge in [-0.2, -0.15) is 0 Å². The molecular formula is C15H18BrN3O5. The number of nitrogens with zero attached hydrogens (tertiary/aromatic N) is 1. The van der Waals surface area contributed by atoms with Crippen molar-refractivity contribution in [1.29, 1.82) is 0 Å². The van der Waals surface area contributed by atoms with Crippen molar-refractivity contribution in [3.05, 3.63) is 34.3 Å². The van der Waals surface area contributed by atoms with Crippen LogP contribution >= 0.6 is 15.9 Å². The van der Waals surface area contributed by atoms with Crippen LogP contribution in [0.1, 0.15) is 10.4 Å². The van der Waals surface area contributed by atoms with Gasteiger partial charge in [0.2, 0.25) is 5.91 Å². The standard InChI is InChI=1S/C15H18BrN3O5/c1-17-12(20)8-19(2)13(21)9-24-14(22)7-18-15(23)10-5-3-4-6-11(10)16/h3-6H,7-9H2,1-2H3,(H,17,20)(H,18,23). The Bertz CT molecular complexity index is 635. The second-order valence-corrected chi connectivity index (χ2v) is 5.60. The van der Waals surface area contributed by atoms with E-state index in [1.165, 1.54) is 14.1 Å². The van der Waals surface area contributed by atoms with Gasteiger partial charge in [0.1, 0.15) is 6.54 Å². The average molecular weight is 400 g/mol. The Morgan fingerprint density at radius 3 is 2.50 bits per heavy atom. The lowest BCUT2D eigenvalue weighted by molar-refractivity contribution is -0.151. The molecule has 9 heteroatoms. The number of nitrogens with one attached hydrogen (secondary N) is 2. The minimum atomic E-state index is -0.753. The van der Waals surface area contributed by atoms with Crippen LogP contribution in [0.15, 0.2) is 28.7 Å². The summed E-state index contributed by atoms with van der Waals surface area (Å²) in [5.41, 5.74) is 0.381. The lowest BCUT2D eigenvalue weighted by atomic mass is 10.2. The van der Waals surface area contributed by atoms with Crippen molar-refractivity contribution in [2.24, 2.45) is 0 Å². The van der Waals surface area contributed by atoms with Gasteiger partial charge in [-0.3, -0.25) is 19.2 Å². The van der Waals surface area contributed by atoms with Crippen molar-refractivity contribution in [2.75, 3.05) is 33.8 Å². The van der Waals surface area contributed by atoms with Crippen molar-refractivity contribution >= 4 is 39.6 Å². The fourth-order valence-corrected chi connectivity index (χ4v) is 2.04. The summed E-state index contributed by atoms with van der Waals surface area (Å²) in [5.74, 6) is -2.05. The number of carbonyl (C=O) groups excluding carboxylic acids is 4. The molecule has 0 aliphatic carbocycles. The number of esters is 1. The lowest BCUT2D eigenvalue weighted by Gasteiger charge is -2.16. The van der Waals surface area contributed by atoms with Crippen LogP contribution in [0.2, 0.25) is 0 Å². The molecule has 0 bridgehead atoms. The van der Waals surface area contributed by atoms with Crippen LogP contribution < -0.4 is 10.6 Å². The van der Waals surface area contributed by atoms with Crippen LogP contribution in [0.4, 0.5) is 0 Å². The minimum absolute atomic E-state index is 0.133. The fraction of sp³-hybridized carbons (Fsp3) is 0.333. The van der Waals surface area contributed by atoms with E-state index in [2.05, 4.69) is 26.6 Å². The summed E-state index contributed by atoms with van der Waals surface area (Å²) in [6.45, 7) is -1.00. The molecule has 0 aliphatic heterocycles. The van der Waals surface area contributed by atoms with Gasteiger partial charge in [0.25, 0.3) is 11.8 Å². The maximum atomic E-state index is 11.9. The molecule has 0 unspecified atom stereocenters. The van der Waals surface area contributed by atoms with E-state index in [0.29, 0.717) is 10.0 Å². The first-order valence-electron chi connectivity index (χ1n) is 6.98. The van der Waals surface area contributed by atoms with Crippen LogP contribution in [0.25, 0.3) is 0 Å². The van der Waals surface area contributed by atoms with E-state index in [0.717, 1.165) is 4.90 Å². The summed E-state index contributed by atoms with van der Waals surface area (Å²) in [6.07, 6.45) is 0. The lowest BCUT2D eigenvalue weighted by Crippen LogP contribution is -2.39. The fourth-order valence-electron chi connectivity index (χ4n) is 1.58. The second kappa shape index (κ2) is 9.66. The number of hydrogen-bond donors (Lipinski definition) is 2. The Morgan fingerprint density at radius 2 is 1.88 bits per heavy atom. The number of benzene rings is 1. The number of carbonyl (C=O) groups is 4. The third-order valence-electron chi connectivity index (χ3n) is 2.95. The molecule has 1 aromatic rings. The maximum Gasteiger partial charge on any atom is 0.325 e. The van der Waals surface area contributed by atoms with Crippen molar-refractivity contribution in [2.45, 2.75) is 0 Å². The van der Waals surface area contributed by atoms with Gasteiger partial charge in [0.05, 0.1) is 12.1 Å². The summed E-state index contributed by atoms with van der Waals surface area (Å²) >= 11 is 3.24. The largest absolute Gasteiger partial charge is 0.454 e. The number of likely N-dealkylation sites (N-methyl/N-ethyl adjacent to an activating group) is 2. The molecule has 130 valence electrons. The normalized spacial score (nSPS) is 9.79. The SMILES string of the molecule is CNC(=O)CN(C)C(=O)COC(=O)CNC(=O)c1ccccc1Br. The van der Waals surface area contributed by atoms with E-state index in [-0.39, 0.29) is 19.0 Å². The van der Waals surface area contributed by atoms with Gasteiger partial charge >= 0.3 is 5.97 Å². The van der Waals surface area contributed by atoms with E-state index in [4.69, 9.17) is 4.74 Å². The van der Waals surface area contributed by atoms with Gasteiger partial charge in [0, 0.05) is 18.6 Å². The number of hydrogen-bond acceptors (Lipinski definition) is 5. The average Bonchev–Trinajstić information content (AvgIpc) is 2.57. The zero-order chi connectivity index (χ0) is 18.1. The van der Waals surface area contributed by atoms with Crippen molar-refractivity contribution in [1.82, 2.24) is 15.5 Å². The summed E-state index contributed by atoms with van der Waals surface area (Å²) in [4.78, 5) is 47.4. The van der Waals surface area contributed by atoms with Gasteiger partial charge < -0.3 is 20.3 Å². The molecular weight excluding hydrogens is 382 g/mol. The Kier molecular flexibility index (Phi) is 7.90. The van der Waals surface area contributed by atoms with Crippen LogP contribution in [0.5, 0.6) is 0 Å². The van der Waals surface area contributed by atoms with Gasteiger partial charge in [-0.05, 0) is 28.1 Å². The highest BCUT2D eigenvalue weighted by molar-refractivity contribution is 9.10. The molecule has 0 heterocycles. The number of halogens is 1. The zero-order valence-corrected chi connectivity index (χ0v) is 14.9. The molecule has 0 atom stereocenters. The predicted molar refractivity (Wildman–Crippen MR) is 89.1 cm³/mol. The number of amides is 3. The van der Waals surface area contributed by atoms with Crippen molar-refractivity contribution < 1.29 is 23.9 Å². The monoisotopic (exact) mass is 399 g/mol. The third kappa shape index (κ3) is 6.37. The molecule has 3 amide bonds. The Balaban J connectivity index is 2.36. The van der Waals surface area contributed by atoms with Crippen molar-refractivity contribution in [3.63, 3.8) is 0 Å². The first-order chi connectivity index (χ1) is 11.3.